The lowest BCUT2D eigenvalue weighted by Crippen LogP contribution is -2.37. The van der Waals surface area contributed by atoms with E-state index in [9.17, 15) is 0 Å². The van der Waals surface area contributed by atoms with Crippen LogP contribution in [0.5, 0.6) is 0 Å². The fourth-order valence-corrected chi connectivity index (χ4v) is 3.72. The molecule has 3 rings (SSSR count). The molecule has 0 aromatic carbocycles. The minimum absolute atomic E-state index is 0.383. The van der Waals surface area contributed by atoms with Crippen molar-refractivity contribution in [3.05, 3.63) is 17.1 Å². The standard InChI is InChI=1S/C13H19N3O2S/c1-14-11-9-7-19-8-10(9)15-12(16-11)13(17-2)3-5-18-6-4-13/h3-8H2,1-2H3,(H,14,15,16). The molecular formula is C13H19N3O2S. The van der Waals surface area contributed by atoms with Crippen LogP contribution in [0.25, 0.3) is 0 Å². The van der Waals surface area contributed by atoms with Gasteiger partial charge in [-0.3, -0.25) is 0 Å². The van der Waals surface area contributed by atoms with Crippen molar-refractivity contribution in [1.82, 2.24) is 9.97 Å². The monoisotopic (exact) mass is 281 g/mol. The average molecular weight is 281 g/mol. The van der Waals surface area contributed by atoms with E-state index in [0.29, 0.717) is 13.2 Å². The second kappa shape index (κ2) is 5.26. The minimum atomic E-state index is -0.383. The molecule has 2 aliphatic rings. The molecule has 104 valence electrons. The first kappa shape index (κ1) is 13.1. The van der Waals surface area contributed by atoms with Crippen LogP contribution < -0.4 is 5.32 Å². The van der Waals surface area contributed by atoms with Gasteiger partial charge in [0.25, 0.3) is 0 Å². The fraction of sp³-hybridized carbons (Fsp3) is 0.692. The van der Waals surface area contributed by atoms with Gasteiger partial charge in [-0.1, -0.05) is 0 Å². The van der Waals surface area contributed by atoms with Crippen molar-refractivity contribution in [2.45, 2.75) is 29.9 Å². The van der Waals surface area contributed by atoms with Crippen LogP contribution in [0.1, 0.15) is 29.9 Å². The van der Waals surface area contributed by atoms with Gasteiger partial charge in [0, 0.05) is 57.3 Å². The van der Waals surface area contributed by atoms with Crippen molar-refractivity contribution in [3.63, 3.8) is 0 Å². The van der Waals surface area contributed by atoms with Crippen LogP contribution in [0.4, 0.5) is 5.82 Å². The molecule has 1 saturated heterocycles. The third-order valence-electron chi connectivity index (χ3n) is 3.91. The molecule has 1 fully saturated rings. The van der Waals surface area contributed by atoms with Crippen LogP contribution in [0, 0.1) is 0 Å². The number of nitrogens with zero attached hydrogens (tertiary/aromatic N) is 2. The summed E-state index contributed by atoms with van der Waals surface area (Å²) >= 11 is 1.89. The van der Waals surface area contributed by atoms with E-state index in [-0.39, 0.29) is 5.60 Å². The molecule has 5 nitrogen and oxygen atoms in total. The second-order valence-electron chi connectivity index (χ2n) is 4.87. The molecule has 0 atom stereocenters. The molecule has 0 bridgehead atoms. The molecule has 1 aromatic rings. The van der Waals surface area contributed by atoms with Gasteiger partial charge in [0.1, 0.15) is 11.4 Å². The van der Waals surface area contributed by atoms with Gasteiger partial charge in [-0.05, 0) is 0 Å². The van der Waals surface area contributed by atoms with E-state index in [1.165, 1.54) is 5.56 Å². The van der Waals surface area contributed by atoms with E-state index >= 15 is 0 Å². The maximum absolute atomic E-state index is 5.78. The SMILES string of the molecule is CNc1nc(C2(OC)CCOCC2)nc2c1CSC2. The molecule has 0 spiro atoms. The first-order valence-corrected chi connectivity index (χ1v) is 7.73. The van der Waals surface area contributed by atoms with Crippen molar-refractivity contribution in [2.75, 3.05) is 32.7 Å². The van der Waals surface area contributed by atoms with Crippen LogP contribution in [0.15, 0.2) is 0 Å². The molecule has 2 aliphatic heterocycles. The summed E-state index contributed by atoms with van der Waals surface area (Å²) in [7, 11) is 3.66. The van der Waals surface area contributed by atoms with Gasteiger partial charge in [0.05, 0.1) is 5.69 Å². The van der Waals surface area contributed by atoms with Crippen LogP contribution in [-0.4, -0.2) is 37.3 Å². The molecule has 0 amide bonds. The number of rotatable bonds is 3. The number of thioether (sulfide) groups is 1. The lowest BCUT2D eigenvalue weighted by Gasteiger charge is -2.34. The number of anilines is 1. The number of ether oxygens (including phenoxy) is 2. The molecular weight excluding hydrogens is 262 g/mol. The highest BCUT2D eigenvalue weighted by Crippen LogP contribution is 2.38. The summed E-state index contributed by atoms with van der Waals surface area (Å²) in [4.78, 5) is 9.49. The summed E-state index contributed by atoms with van der Waals surface area (Å²) in [5, 5.41) is 3.20. The molecule has 3 heterocycles. The van der Waals surface area contributed by atoms with Crippen molar-refractivity contribution in [3.8, 4) is 0 Å². The smallest absolute Gasteiger partial charge is 0.163 e. The van der Waals surface area contributed by atoms with E-state index in [4.69, 9.17) is 19.4 Å². The third-order valence-corrected chi connectivity index (χ3v) is 4.88. The Hall–Kier alpha value is -0.850. The van der Waals surface area contributed by atoms with Crippen molar-refractivity contribution in [2.24, 2.45) is 0 Å². The summed E-state index contributed by atoms with van der Waals surface area (Å²) in [6.07, 6.45) is 1.64. The average Bonchev–Trinajstić information content (AvgIpc) is 2.95. The van der Waals surface area contributed by atoms with E-state index in [0.717, 1.165) is 41.7 Å². The zero-order chi connectivity index (χ0) is 13.3. The predicted molar refractivity (Wildman–Crippen MR) is 75.3 cm³/mol. The zero-order valence-electron chi connectivity index (χ0n) is 11.4. The molecule has 0 saturated carbocycles. The second-order valence-corrected chi connectivity index (χ2v) is 5.86. The van der Waals surface area contributed by atoms with Crippen molar-refractivity contribution in [1.29, 1.82) is 0 Å². The lowest BCUT2D eigenvalue weighted by molar-refractivity contribution is -0.1000. The highest BCUT2D eigenvalue weighted by molar-refractivity contribution is 7.98. The number of methoxy groups -OCH3 is 1. The highest BCUT2D eigenvalue weighted by Gasteiger charge is 2.38. The van der Waals surface area contributed by atoms with Crippen LogP contribution in [-0.2, 0) is 26.6 Å². The van der Waals surface area contributed by atoms with E-state index < -0.39 is 0 Å². The van der Waals surface area contributed by atoms with Gasteiger partial charge in [-0.25, -0.2) is 9.97 Å². The van der Waals surface area contributed by atoms with Gasteiger partial charge < -0.3 is 14.8 Å². The van der Waals surface area contributed by atoms with Gasteiger partial charge in [0.15, 0.2) is 5.82 Å². The van der Waals surface area contributed by atoms with Crippen LogP contribution >= 0.6 is 11.8 Å². The van der Waals surface area contributed by atoms with E-state index in [1.807, 2.05) is 18.8 Å². The molecule has 1 N–H and O–H groups in total. The Morgan fingerprint density at radius 2 is 2.05 bits per heavy atom. The predicted octanol–water partition coefficient (Wildman–Crippen LogP) is 1.92. The molecule has 19 heavy (non-hydrogen) atoms. The molecule has 1 aromatic heterocycles. The summed E-state index contributed by atoms with van der Waals surface area (Å²) in [5.41, 5.74) is 2.02. The molecule has 0 aliphatic carbocycles. The Labute approximate surface area is 117 Å². The Bertz CT molecular complexity index is 475. The first-order valence-electron chi connectivity index (χ1n) is 6.58. The van der Waals surface area contributed by atoms with Gasteiger partial charge >= 0.3 is 0 Å². The maximum Gasteiger partial charge on any atom is 0.163 e. The molecule has 0 radical (unpaired) electrons. The highest BCUT2D eigenvalue weighted by atomic mass is 32.2. The number of hydrogen-bond donors (Lipinski definition) is 1. The summed E-state index contributed by atoms with van der Waals surface area (Å²) < 4.78 is 11.2. The maximum atomic E-state index is 5.78. The number of nitrogens with one attached hydrogen (secondary N) is 1. The van der Waals surface area contributed by atoms with E-state index in [2.05, 4.69) is 5.32 Å². The Kier molecular flexibility index (Phi) is 3.64. The molecule has 0 unspecified atom stereocenters. The Balaban J connectivity index is 2.04. The summed E-state index contributed by atoms with van der Waals surface area (Å²) in [6.45, 7) is 1.41. The van der Waals surface area contributed by atoms with Crippen LogP contribution in [0.3, 0.4) is 0 Å². The topological polar surface area (TPSA) is 56.3 Å². The van der Waals surface area contributed by atoms with E-state index in [1.54, 1.807) is 7.11 Å². The normalized spacial score (nSPS) is 21.2. The number of hydrogen-bond acceptors (Lipinski definition) is 6. The quantitative estimate of drug-likeness (QED) is 0.913. The van der Waals surface area contributed by atoms with Gasteiger partial charge in [0.2, 0.25) is 0 Å². The Morgan fingerprint density at radius 1 is 1.26 bits per heavy atom. The number of fused-ring (bicyclic) bond motifs is 1. The van der Waals surface area contributed by atoms with Crippen molar-refractivity contribution < 1.29 is 9.47 Å². The molecule has 6 heteroatoms. The van der Waals surface area contributed by atoms with Gasteiger partial charge in [-0.2, -0.15) is 11.8 Å². The minimum Gasteiger partial charge on any atom is -0.381 e. The Morgan fingerprint density at radius 3 is 2.74 bits per heavy atom. The first-order chi connectivity index (χ1) is 9.29. The fourth-order valence-electron chi connectivity index (χ4n) is 2.68. The largest absolute Gasteiger partial charge is 0.381 e. The van der Waals surface area contributed by atoms with Gasteiger partial charge in [-0.15, -0.1) is 0 Å². The van der Waals surface area contributed by atoms with Crippen molar-refractivity contribution >= 4 is 17.6 Å². The lowest BCUT2D eigenvalue weighted by atomic mass is 9.92. The number of aromatic nitrogens is 2. The van der Waals surface area contributed by atoms with Crippen LogP contribution in [0.2, 0.25) is 0 Å². The zero-order valence-corrected chi connectivity index (χ0v) is 12.2. The summed E-state index contributed by atoms with van der Waals surface area (Å²) in [5.74, 6) is 3.72. The third kappa shape index (κ3) is 2.22. The summed E-state index contributed by atoms with van der Waals surface area (Å²) in [6, 6.07) is 0.